The van der Waals surface area contributed by atoms with Gasteiger partial charge < -0.3 is 14.8 Å². The average Bonchev–Trinajstić information content (AvgIpc) is 3.19. The Hall–Kier alpha value is -3.03. The summed E-state index contributed by atoms with van der Waals surface area (Å²) in [6.45, 7) is 6.69. The van der Waals surface area contributed by atoms with E-state index in [2.05, 4.69) is 34.7 Å². The molecule has 3 aromatic rings. The first kappa shape index (κ1) is 24.1. The molecule has 0 radical (unpaired) electrons. The SMILES string of the molecule is CC(C)CCn1c(N2CCCC(C(=O)NCc3cccc(C(F)(F)F)c3)C2)nc2ccccc21. The minimum Gasteiger partial charge on any atom is -0.352 e. The lowest BCUT2D eigenvalue weighted by atomic mass is 9.97. The van der Waals surface area contributed by atoms with E-state index in [9.17, 15) is 18.0 Å². The Morgan fingerprint density at radius 2 is 1.97 bits per heavy atom. The molecule has 1 amide bonds. The monoisotopic (exact) mass is 472 g/mol. The number of para-hydroxylation sites is 2. The van der Waals surface area contributed by atoms with Crippen LogP contribution >= 0.6 is 0 Å². The first-order valence-electron chi connectivity index (χ1n) is 11.9. The van der Waals surface area contributed by atoms with Crippen LogP contribution in [0.4, 0.5) is 19.1 Å². The molecule has 1 N–H and O–H groups in total. The molecule has 1 unspecified atom stereocenters. The van der Waals surface area contributed by atoms with E-state index in [0.717, 1.165) is 61.5 Å². The number of rotatable bonds is 7. The van der Waals surface area contributed by atoms with Gasteiger partial charge in [0.1, 0.15) is 0 Å². The summed E-state index contributed by atoms with van der Waals surface area (Å²) in [4.78, 5) is 20.0. The number of halogens is 3. The molecular weight excluding hydrogens is 441 g/mol. The molecule has 0 spiro atoms. The van der Waals surface area contributed by atoms with Crippen molar-refractivity contribution >= 4 is 22.9 Å². The van der Waals surface area contributed by atoms with Crippen molar-refractivity contribution in [3.05, 3.63) is 59.7 Å². The number of fused-ring (bicyclic) bond motifs is 1. The van der Waals surface area contributed by atoms with Crippen molar-refractivity contribution < 1.29 is 18.0 Å². The Balaban J connectivity index is 1.46. The maximum Gasteiger partial charge on any atom is 0.416 e. The fourth-order valence-electron chi connectivity index (χ4n) is 4.48. The van der Waals surface area contributed by atoms with E-state index in [1.165, 1.54) is 6.07 Å². The van der Waals surface area contributed by atoms with E-state index < -0.39 is 11.7 Å². The maximum absolute atomic E-state index is 13.0. The lowest BCUT2D eigenvalue weighted by molar-refractivity contribution is -0.137. The van der Waals surface area contributed by atoms with Crippen molar-refractivity contribution in [1.29, 1.82) is 0 Å². The third-order valence-corrected chi connectivity index (χ3v) is 6.36. The Morgan fingerprint density at radius 1 is 1.18 bits per heavy atom. The minimum absolute atomic E-state index is 0.0756. The smallest absolute Gasteiger partial charge is 0.352 e. The normalized spacial score (nSPS) is 16.9. The molecule has 182 valence electrons. The molecule has 1 atom stereocenters. The van der Waals surface area contributed by atoms with Gasteiger partial charge in [0.25, 0.3) is 0 Å². The molecule has 1 aliphatic rings. The number of carbonyl (C=O) groups excluding carboxylic acids is 1. The molecule has 2 aromatic carbocycles. The van der Waals surface area contributed by atoms with E-state index in [1.807, 2.05) is 18.2 Å². The number of amides is 1. The Morgan fingerprint density at radius 3 is 2.74 bits per heavy atom. The predicted octanol–water partition coefficient (Wildman–Crippen LogP) is 5.63. The summed E-state index contributed by atoms with van der Waals surface area (Å²) in [7, 11) is 0. The van der Waals surface area contributed by atoms with Crippen LogP contribution in [0.1, 0.15) is 44.2 Å². The van der Waals surface area contributed by atoms with Crippen LogP contribution in [-0.4, -0.2) is 28.5 Å². The van der Waals surface area contributed by atoms with Gasteiger partial charge in [-0.25, -0.2) is 4.98 Å². The van der Waals surface area contributed by atoms with E-state index in [-0.39, 0.29) is 18.4 Å². The number of aromatic nitrogens is 2. The van der Waals surface area contributed by atoms with Crippen molar-refractivity contribution in [2.24, 2.45) is 11.8 Å². The summed E-state index contributed by atoms with van der Waals surface area (Å²) >= 11 is 0. The zero-order chi connectivity index (χ0) is 24.3. The number of benzene rings is 2. The molecule has 4 rings (SSSR count). The third kappa shape index (κ3) is 5.54. The Bertz CT molecular complexity index is 1140. The largest absolute Gasteiger partial charge is 0.416 e. The lowest BCUT2D eigenvalue weighted by Crippen LogP contribution is -2.43. The van der Waals surface area contributed by atoms with Gasteiger partial charge in [0, 0.05) is 26.2 Å². The van der Waals surface area contributed by atoms with Crippen LogP contribution in [0.2, 0.25) is 0 Å². The number of anilines is 1. The number of nitrogens with zero attached hydrogens (tertiary/aromatic N) is 3. The van der Waals surface area contributed by atoms with Gasteiger partial charge in [0.15, 0.2) is 0 Å². The maximum atomic E-state index is 13.0. The van der Waals surface area contributed by atoms with Gasteiger partial charge in [-0.2, -0.15) is 13.2 Å². The fraction of sp³-hybridized carbons (Fsp3) is 0.462. The molecule has 0 bridgehead atoms. The summed E-state index contributed by atoms with van der Waals surface area (Å²) in [5.74, 6) is 1.08. The minimum atomic E-state index is -4.40. The van der Waals surface area contributed by atoms with Crippen molar-refractivity contribution in [2.75, 3.05) is 18.0 Å². The van der Waals surface area contributed by atoms with Crippen LogP contribution in [0.5, 0.6) is 0 Å². The van der Waals surface area contributed by atoms with E-state index in [0.29, 0.717) is 18.0 Å². The number of aryl methyl sites for hydroxylation is 1. The molecule has 1 saturated heterocycles. The van der Waals surface area contributed by atoms with Gasteiger partial charge in [-0.15, -0.1) is 0 Å². The van der Waals surface area contributed by atoms with Crippen LogP contribution < -0.4 is 10.2 Å². The van der Waals surface area contributed by atoms with Crippen LogP contribution in [0.25, 0.3) is 11.0 Å². The average molecular weight is 473 g/mol. The highest BCUT2D eigenvalue weighted by molar-refractivity contribution is 5.81. The quantitative estimate of drug-likeness (QED) is 0.485. The molecule has 1 aliphatic heterocycles. The number of carbonyl (C=O) groups is 1. The van der Waals surface area contributed by atoms with Crippen molar-refractivity contribution in [1.82, 2.24) is 14.9 Å². The molecule has 0 aliphatic carbocycles. The molecule has 8 heteroatoms. The summed E-state index contributed by atoms with van der Waals surface area (Å²) in [5, 5.41) is 2.84. The second-order valence-corrected chi connectivity index (χ2v) is 9.44. The summed E-state index contributed by atoms with van der Waals surface area (Å²) in [6.07, 6.45) is -1.76. The standard InChI is InChI=1S/C26H31F3N4O/c1-18(2)12-14-33-23-11-4-3-10-22(23)31-25(33)32-13-6-8-20(17-32)24(34)30-16-19-7-5-9-21(15-19)26(27,28)29/h3-5,7,9-11,15,18,20H,6,8,12-14,16-17H2,1-2H3,(H,30,34). The van der Waals surface area contributed by atoms with Crippen LogP contribution in [0, 0.1) is 11.8 Å². The zero-order valence-electron chi connectivity index (χ0n) is 19.6. The van der Waals surface area contributed by atoms with Crippen molar-refractivity contribution in [3.63, 3.8) is 0 Å². The first-order chi connectivity index (χ1) is 16.2. The molecule has 2 heterocycles. The predicted molar refractivity (Wildman–Crippen MR) is 127 cm³/mol. The summed E-state index contributed by atoms with van der Waals surface area (Å²) in [6, 6.07) is 13.2. The second kappa shape index (κ2) is 10.1. The number of hydrogen-bond donors (Lipinski definition) is 1. The fourth-order valence-corrected chi connectivity index (χ4v) is 4.48. The van der Waals surface area contributed by atoms with Gasteiger partial charge in [-0.05, 0) is 55.0 Å². The van der Waals surface area contributed by atoms with Gasteiger partial charge in [-0.3, -0.25) is 4.79 Å². The van der Waals surface area contributed by atoms with E-state index in [1.54, 1.807) is 6.07 Å². The highest BCUT2D eigenvalue weighted by atomic mass is 19.4. The lowest BCUT2D eigenvalue weighted by Gasteiger charge is -2.33. The first-order valence-corrected chi connectivity index (χ1v) is 11.9. The Kier molecular flexibility index (Phi) is 7.14. The van der Waals surface area contributed by atoms with Gasteiger partial charge >= 0.3 is 6.18 Å². The van der Waals surface area contributed by atoms with Crippen molar-refractivity contribution in [2.45, 2.75) is 52.4 Å². The van der Waals surface area contributed by atoms with E-state index >= 15 is 0 Å². The second-order valence-electron chi connectivity index (χ2n) is 9.44. The molecule has 1 aromatic heterocycles. The van der Waals surface area contributed by atoms with E-state index in [4.69, 9.17) is 4.98 Å². The Labute approximate surface area is 198 Å². The topological polar surface area (TPSA) is 50.2 Å². The van der Waals surface area contributed by atoms with Crippen molar-refractivity contribution in [3.8, 4) is 0 Å². The van der Waals surface area contributed by atoms with Gasteiger partial charge in [-0.1, -0.05) is 38.1 Å². The molecular formula is C26H31F3N4O. The summed E-state index contributed by atoms with van der Waals surface area (Å²) in [5.41, 5.74) is 1.77. The number of hydrogen-bond acceptors (Lipinski definition) is 3. The van der Waals surface area contributed by atoms with Crippen LogP contribution in [-0.2, 0) is 24.1 Å². The molecule has 5 nitrogen and oxygen atoms in total. The molecule has 1 fully saturated rings. The third-order valence-electron chi connectivity index (χ3n) is 6.36. The van der Waals surface area contributed by atoms with Gasteiger partial charge in [0.2, 0.25) is 11.9 Å². The van der Waals surface area contributed by atoms with Gasteiger partial charge in [0.05, 0.1) is 22.5 Å². The number of piperidine rings is 1. The summed E-state index contributed by atoms with van der Waals surface area (Å²) < 4.78 is 41.2. The number of alkyl halides is 3. The molecule has 0 saturated carbocycles. The number of nitrogens with one attached hydrogen (secondary N) is 1. The molecule has 34 heavy (non-hydrogen) atoms. The zero-order valence-corrected chi connectivity index (χ0v) is 19.6. The van der Waals surface area contributed by atoms with Crippen LogP contribution in [0.15, 0.2) is 48.5 Å². The highest BCUT2D eigenvalue weighted by Gasteiger charge is 2.31. The number of imidazole rings is 1. The highest BCUT2D eigenvalue weighted by Crippen LogP contribution is 2.30. The van der Waals surface area contributed by atoms with Crippen LogP contribution in [0.3, 0.4) is 0 Å².